The molecule has 1 N–H and O–H groups in total. The molecule has 66 heavy (non-hydrogen) atoms. The highest BCUT2D eigenvalue weighted by Gasteiger charge is 2.16. The van der Waals surface area contributed by atoms with E-state index in [0.717, 1.165) is 83.5 Å². The zero-order valence-electron chi connectivity index (χ0n) is 43.2. The minimum absolute atomic E-state index is 0.0737. The summed E-state index contributed by atoms with van der Waals surface area (Å²) in [6, 6.07) is 0. The number of hydrogen-bond donors (Lipinski definition) is 1. The van der Waals surface area contributed by atoms with Crippen molar-refractivity contribution in [3.8, 4) is 0 Å². The van der Waals surface area contributed by atoms with Crippen LogP contribution in [0.25, 0.3) is 0 Å². The molecule has 5 nitrogen and oxygen atoms in total. The Balaban J connectivity index is 3.53. The van der Waals surface area contributed by atoms with Gasteiger partial charge in [-0.25, -0.2) is 0 Å². The van der Waals surface area contributed by atoms with Crippen LogP contribution in [0.5, 0.6) is 0 Å². The Hall–Kier alpha value is -3.18. The van der Waals surface area contributed by atoms with Gasteiger partial charge in [-0.1, -0.05) is 246 Å². The van der Waals surface area contributed by atoms with Crippen LogP contribution in [0.15, 0.2) is 97.2 Å². The quantitative estimate of drug-likeness (QED) is 0.0374. The van der Waals surface area contributed by atoms with E-state index >= 15 is 0 Å². The highest BCUT2D eigenvalue weighted by Crippen LogP contribution is 2.15. The Bertz CT molecular complexity index is 1270. The lowest BCUT2D eigenvalue weighted by Gasteiger charge is -2.15. The predicted molar refractivity (Wildman–Crippen MR) is 288 cm³/mol. The second-order valence-electron chi connectivity index (χ2n) is 18.3. The van der Waals surface area contributed by atoms with Gasteiger partial charge in [0.2, 0.25) is 0 Å². The molecule has 1 unspecified atom stereocenters. The van der Waals surface area contributed by atoms with E-state index < -0.39 is 6.10 Å². The molecule has 0 spiro atoms. The van der Waals surface area contributed by atoms with Gasteiger partial charge < -0.3 is 14.6 Å². The van der Waals surface area contributed by atoms with Gasteiger partial charge in [0, 0.05) is 12.8 Å². The Morgan fingerprint density at radius 2 is 0.652 bits per heavy atom. The molecule has 0 amide bonds. The molecule has 0 heterocycles. The summed E-state index contributed by atoms with van der Waals surface area (Å²) in [5.74, 6) is -0.599. The number of aliphatic hydroxyl groups excluding tert-OH is 1. The third kappa shape index (κ3) is 53.4. The normalized spacial score (nSPS) is 13.0. The van der Waals surface area contributed by atoms with Crippen molar-refractivity contribution in [3.05, 3.63) is 97.2 Å². The lowest BCUT2D eigenvalue weighted by Crippen LogP contribution is -2.28. The van der Waals surface area contributed by atoms with Crippen molar-refractivity contribution >= 4 is 11.9 Å². The number of unbranched alkanes of at least 4 members (excludes halogenated alkanes) is 26. The van der Waals surface area contributed by atoms with Crippen molar-refractivity contribution in [1.29, 1.82) is 0 Å². The Kier molecular flexibility index (Phi) is 53.4. The first kappa shape index (κ1) is 62.8. The molecule has 0 radical (unpaired) electrons. The molecule has 378 valence electrons. The van der Waals surface area contributed by atoms with Crippen LogP contribution in [-0.4, -0.2) is 36.4 Å². The average Bonchev–Trinajstić information content (AvgIpc) is 3.32. The van der Waals surface area contributed by atoms with Gasteiger partial charge in [0.1, 0.15) is 6.61 Å². The number of allylic oxidation sites excluding steroid dienone is 16. The number of carbonyl (C=O) groups is 2. The van der Waals surface area contributed by atoms with Crippen LogP contribution in [0.3, 0.4) is 0 Å². The van der Waals surface area contributed by atoms with Crippen molar-refractivity contribution in [2.75, 3.05) is 13.2 Å². The number of esters is 2. The summed E-state index contributed by atoms with van der Waals surface area (Å²) in [4.78, 5) is 24.5. The van der Waals surface area contributed by atoms with Crippen LogP contribution in [-0.2, 0) is 19.1 Å². The molecule has 1 atom stereocenters. The van der Waals surface area contributed by atoms with E-state index in [2.05, 4.69) is 111 Å². The van der Waals surface area contributed by atoms with E-state index in [0.29, 0.717) is 12.8 Å². The van der Waals surface area contributed by atoms with Gasteiger partial charge in [-0.05, 0) is 96.3 Å². The van der Waals surface area contributed by atoms with Crippen molar-refractivity contribution in [3.63, 3.8) is 0 Å². The summed E-state index contributed by atoms with van der Waals surface area (Å²) in [6.07, 6.45) is 79.4. The Morgan fingerprint density at radius 3 is 0.985 bits per heavy atom. The molecule has 0 aliphatic heterocycles. The van der Waals surface area contributed by atoms with Gasteiger partial charge >= 0.3 is 11.9 Å². The summed E-state index contributed by atoms with van der Waals surface area (Å²) in [5.41, 5.74) is 0. The minimum atomic E-state index is -0.782. The highest BCUT2D eigenvalue weighted by atomic mass is 16.6. The summed E-state index contributed by atoms with van der Waals surface area (Å²) >= 11 is 0. The van der Waals surface area contributed by atoms with Crippen LogP contribution < -0.4 is 0 Å². The molecule has 0 aliphatic carbocycles. The van der Waals surface area contributed by atoms with Crippen LogP contribution in [0, 0.1) is 0 Å². The monoisotopic (exact) mass is 917 g/mol. The molecule has 0 saturated carbocycles. The number of carbonyl (C=O) groups excluding carboxylic acids is 2. The number of hydrogen-bond acceptors (Lipinski definition) is 5. The molecular weight excluding hydrogens is 813 g/mol. The molecule has 0 rings (SSSR count). The zero-order valence-corrected chi connectivity index (χ0v) is 43.2. The SMILES string of the molecule is CC/C=C\C/C=C\C/C=C\C/C=C\C/C=C\CCCCCCCCCCCCCCCC(=O)OC(CO)COC(=O)CCCCCCCCCC/C=C\C/C=C\C/C=C\CCCCCCC. The van der Waals surface area contributed by atoms with Crippen molar-refractivity contribution in [2.45, 2.75) is 264 Å². The third-order valence-corrected chi connectivity index (χ3v) is 11.9. The largest absolute Gasteiger partial charge is 0.462 e. The topological polar surface area (TPSA) is 72.8 Å². The minimum Gasteiger partial charge on any atom is -0.462 e. The van der Waals surface area contributed by atoms with E-state index in [9.17, 15) is 14.7 Å². The summed E-state index contributed by atoms with van der Waals surface area (Å²) in [5, 5.41) is 9.65. The molecule has 0 saturated heterocycles. The first-order chi connectivity index (χ1) is 32.6. The third-order valence-electron chi connectivity index (χ3n) is 11.9. The van der Waals surface area contributed by atoms with E-state index in [-0.39, 0.29) is 25.2 Å². The first-order valence-electron chi connectivity index (χ1n) is 27.8. The molecule has 0 bridgehead atoms. The van der Waals surface area contributed by atoms with E-state index in [4.69, 9.17) is 9.47 Å². The fourth-order valence-corrected chi connectivity index (χ4v) is 7.71. The average molecular weight is 917 g/mol. The lowest BCUT2D eigenvalue weighted by atomic mass is 10.0. The Labute approximate surface area is 408 Å². The Morgan fingerprint density at radius 1 is 0.364 bits per heavy atom. The zero-order chi connectivity index (χ0) is 47.7. The van der Waals surface area contributed by atoms with Crippen LogP contribution in [0.4, 0.5) is 0 Å². The molecule has 0 aliphatic rings. The molecule has 0 aromatic heterocycles. The second kappa shape index (κ2) is 56.1. The summed E-state index contributed by atoms with van der Waals surface area (Å²) in [7, 11) is 0. The van der Waals surface area contributed by atoms with Crippen LogP contribution in [0.2, 0.25) is 0 Å². The second-order valence-corrected chi connectivity index (χ2v) is 18.3. The maximum Gasteiger partial charge on any atom is 0.306 e. The van der Waals surface area contributed by atoms with Crippen LogP contribution >= 0.6 is 0 Å². The van der Waals surface area contributed by atoms with Crippen molar-refractivity contribution in [2.24, 2.45) is 0 Å². The maximum absolute atomic E-state index is 12.3. The molecule has 5 heteroatoms. The summed E-state index contributed by atoms with van der Waals surface area (Å²) in [6.45, 7) is 4.02. The van der Waals surface area contributed by atoms with Crippen molar-refractivity contribution < 1.29 is 24.2 Å². The smallest absolute Gasteiger partial charge is 0.306 e. The predicted octanol–water partition coefficient (Wildman–Crippen LogP) is 18.7. The molecule has 0 fully saturated rings. The lowest BCUT2D eigenvalue weighted by molar-refractivity contribution is -0.161. The van der Waals surface area contributed by atoms with Gasteiger partial charge in [-0.15, -0.1) is 0 Å². The van der Waals surface area contributed by atoms with Gasteiger partial charge in [-0.2, -0.15) is 0 Å². The molecular formula is C61H104O5. The van der Waals surface area contributed by atoms with E-state index in [1.54, 1.807) is 0 Å². The number of aliphatic hydroxyl groups is 1. The van der Waals surface area contributed by atoms with Gasteiger partial charge in [-0.3, -0.25) is 9.59 Å². The van der Waals surface area contributed by atoms with Crippen LogP contribution in [0.1, 0.15) is 258 Å². The standard InChI is InChI=1S/C61H104O5/c1-3-5-7-9-11-13-15-17-19-21-23-25-27-28-29-30-31-32-34-36-38-40-42-44-46-48-50-52-54-56-61(64)66-59(57-62)58-65-60(63)55-53-51-49-47-45-43-41-39-37-35-33-26-24-22-20-18-16-14-12-10-8-6-4-2/h5,7,11,13,16-19,22-25,28-29,33,35,59,62H,3-4,6,8-10,12,14-15,20-21,26-27,30-32,34,36-58H2,1-2H3/b7-5-,13-11-,18-16-,19-17-,24-22-,25-23-,29-28-,35-33-. The number of ether oxygens (including phenoxy) is 2. The number of rotatable bonds is 50. The van der Waals surface area contributed by atoms with Gasteiger partial charge in [0.15, 0.2) is 6.10 Å². The fraction of sp³-hybridized carbons (Fsp3) is 0.705. The van der Waals surface area contributed by atoms with E-state index in [1.807, 2.05) is 0 Å². The fourth-order valence-electron chi connectivity index (χ4n) is 7.71. The molecule has 0 aromatic rings. The van der Waals surface area contributed by atoms with E-state index in [1.165, 1.54) is 148 Å². The van der Waals surface area contributed by atoms with Gasteiger partial charge in [0.05, 0.1) is 6.61 Å². The summed E-state index contributed by atoms with van der Waals surface area (Å²) < 4.78 is 10.7. The first-order valence-corrected chi connectivity index (χ1v) is 27.8. The highest BCUT2D eigenvalue weighted by molar-refractivity contribution is 5.70. The van der Waals surface area contributed by atoms with Gasteiger partial charge in [0.25, 0.3) is 0 Å². The molecule has 0 aromatic carbocycles. The maximum atomic E-state index is 12.3. The van der Waals surface area contributed by atoms with Crippen molar-refractivity contribution in [1.82, 2.24) is 0 Å².